The van der Waals surface area contributed by atoms with Crippen molar-refractivity contribution in [1.29, 1.82) is 0 Å². The molecule has 4 heterocycles. The van der Waals surface area contributed by atoms with Gasteiger partial charge in [0.1, 0.15) is 17.8 Å². The van der Waals surface area contributed by atoms with Crippen LogP contribution in [0, 0.1) is 0 Å². The van der Waals surface area contributed by atoms with Gasteiger partial charge in [-0.2, -0.15) is 4.98 Å². The Morgan fingerprint density at radius 2 is 1.90 bits per heavy atom. The molecule has 6 rings (SSSR count). The lowest BCUT2D eigenvalue weighted by molar-refractivity contribution is -0.0592. The second kappa shape index (κ2) is 11.8. The first-order chi connectivity index (χ1) is 19.5. The predicted molar refractivity (Wildman–Crippen MR) is 151 cm³/mol. The summed E-state index contributed by atoms with van der Waals surface area (Å²) < 4.78 is 14.2. The molecule has 40 heavy (non-hydrogen) atoms. The molecule has 2 aliphatic heterocycles. The second-order valence-corrected chi connectivity index (χ2v) is 10.7. The molecule has 2 aromatic carbocycles. The molecule has 0 aliphatic carbocycles. The van der Waals surface area contributed by atoms with E-state index in [0.29, 0.717) is 35.4 Å². The van der Waals surface area contributed by atoms with E-state index in [1.54, 1.807) is 18.3 Å². The van der Waals surface area contributed by atoms with Gasteiger partial charge in [-0.3, -0.25) is 10.2 Å². The van der Waals surface area contributed by atoms with Crippen LogP contribution in [0.4, 0.5) is 10.5 Å². The molecule has 1 atom stereocenters. The number of nitrogens with one attached hydrogen (secondary N) is 1. The summed E-state index contributed by atoms with van der Waals surface area (Å²) in [6.45, 7) is 3.99. The Bertz CT molecular complexity index is 1480. The number of halogens is 1. The van der Waals surface area contributed by atoms with Crippen LogP contribution in [-0.2, 0) is 24.2 Å². The standard InChI is InChI=1S/C29H31ClN6O4/c30-20-3-1-19(2-4-20)15-26-31-11-7-28(34-26)40-22-8-12-35(13-9-22)18-27-33-24-16-21(32-29(37)38)5-6-25(24)36(27)17-23-10-14-39-23/h1-7,11,16,22-23,32H,8-10,12-15,17-18H2,(H,37,38)/t23-/m0/s1. The van der Waals surface area contributed by atoms with Gasteiger partial charge in [-0.15, -0.1) is 0 Å². The Morgan fingerprint density at radius 3 is 2.62 bits per heavy atom. The second-order valence-electron chi connectivity index (χ2n) is 10.3. The minimum absolute atomic E-state index is 0.0846. The summed E-state index contributed by atoms with van der Waals surface area (Å²) in [4.78, 5) is 27.4. The largest absolute Gasteiger partial charge is 0.474 e. The predicted octanol–water partition coefficient (Wildman–Crippen LogP) is 4.99. The molecule has 2 aromatic heterocycles. The number of carboxylic acid groups (broad SMARTS) is 1. The SMILES string of the molecule is O=C(O)Nc1ccc2c(c1)nc(CN1CCC(Oc3ccnc(Cc4ccc(Cl)cc4)n3)CC1)n2C[C@@H]1CCO1. The van der Waals surface area contributed by atoms with Gasteiger partial charge >= 0.3 is 6.09 Å². The van der Waals surface area contributed by atoms with Crippen LogP contribution in [0.2, 0.25) is 5.02 Å². The van der Waals surface area contributed by atoms with E-state index in [-0.39, 0.29) is 12.2 Å². The molecule has 10 nitrogen and oxygen atoms in total. The van der Waals surface area contributed by atoms with Crippen LogP contribution in [0.15, 0.2) is 54.7 Å². The number of piperidine rings is 1. The minimum Gasteiger partial charge on any atom is -0.474 e. The fourth-order valence-electron chi connectivity index (χ4n) is 5.21. The highest BCUT2D eigenvalue weighted by Gasteiger charge is 2.25. The highest BCUT2D eigenvalue weighted by molar-refractivity contribution is 6.30. The zero-order valence-corrected chi connectivity index (χ0v) is 22.8. The number of rotatable bonds is 9. The van der Waals surface area contributed by atoms with Gasteiger partial charge in [0.05, 0.1) is 30.2 Å². The van der Waals surface area contributed by atoms with E-state index in [1.807, 2.05) is 36.4 Å². The molecule has 2 fully saturated rings. The topological polar surface area (TPSA) is 115 Å². The van der Waals surface area contributed by atoms with Crippen LogP contribution >= 0.6 is 11.6 Å². The number of imidazole rings is 1. The Kier molecular flexibility index (Phi) is 7.81. The highest BCUT2D eigenvalue weighted by atomic mass is 35.5. The smallest absolute Gasteiger partial charge is 0.409 e. The Balaban J connectivity index is 1.08. The van der Waals surface area contributed by atoms with Crippen LogP contribution in [0.3, 0.4) is 0 Å². The van der Waals surface area contributed by atoms with E-state index in [9.17, 15) is 4.79 Å². The molecular formula is C29H31ClN6O4. The molecule has 4 aromatic rings. The van der Waals surface area contributed by atoms with E-state index < -0.39 is 6.09 Å². The van der Waals surface area contributed by atoms with Crippen molar-refractivity contribution < 1.29 is 19.4 Å². The third-order valence-corrected chi connectivity index (χ3v) is 7.65. The highest BCUT2D eigenvalue weighted by Crippen LogP contribution is 2.26. The normalized spacial score (nSPS) is 18.0. The van der Waals surface area contributed by atoms with E-state index in [2.05, 4.69) is 24.8 Å². The Hall–Kier alpha value is -3.73. The van der Waals surface area contributed by atoms with Gasteiger partial charge in [0, 0.05) is 49.1 Å². The van der Waals surface area contributed by atoms with Crippen molar-refractivity contribution >= 4 is 34.4 Å². The summed E-state index contributed by atoms with van der Waals surface area (Å²) in [5, 5.41) is 12.2. The lowest BCUT2D eigenvalue weighted by atomic mass is 10.1. The van der Waals surface area contributed by atoms with Crippen LogP contribution in [0.25, 0.3) is 11.0 Å². The van der Waals surface area contributed by atoms with Crippen LogP contribution < -0.4 is 10.1 Å². The van der Waals surface area contributed by atoms with E-state index in [4.69, 9.17) is 31.2 Å². The van der Waals surface area contributed by atoms with Gasteiger partial charge in [0.2, 0.25) is 5.88 Å². The van der Waals surface area contributed by atoms with Gasteiger partial charge < -0.3 is 19.1 Å². The molecule has 0 bridgehead atoms. The monoisotopic (exact) mass is 562 g/mol. The zero-order valence-electron chi connectivity index (χ0n) is 22.0. The molecule has 1 amide bonds. The average Bonchev–Trinajstić information content (AvgIpc) is 3.24. The van der Waals surface area contributed by atoms with E-state index >= 15 is 0 Å². The maximum Gasteiger partial charge on any atom is 0.409 e. The van der Waals surface area contributed by atoms with Crippen molar-refractivity contribution in [2.24, 2.45) is 0 Å². The lowest BCUT2D eigenvalue weighted by Gasteiger charge is -2.32. The van der Waals surface area contributed by atoms with Crippen LogP contribution in [0.5, 0.6) is 5.88 Å². The molecule has 11 heteroatoms. The summed E-state index contributed by atoms with van der Waals surface area (Å²) >= 11 is 5.99. The third-order valence-electron chi connectivity index (χ3n) is 7.40. The van der Waals surface area contributed by atoms with Crippen molar-refractivity contribution in [2.75, 3.05) is 25.0 Å². The number of hydrogen-bond acceptors (Lipinski definition) is 7. The molecule has 0 unspecified atom stereocenters. The van der Waals surface area contributed by atoms with Gasteiger partial charge in [0.25, 0.3) is 0 Å². The lowest BCUT2D eigenvalue weighted by Crippen LogP contribution is -2.39. The van der Waals surface area contributed by atoms with Gasteiger partial charge in [-0.05, 0) is 55.2 Å². The zero-order chi connectivity index (χ0) is 27.5. The van der Waals surface area contributed by atoms with E-state index in [1.165, 1.54) is 0 Å². The molecule has 0 radical (unpaired) electrons. The van der Waals surface area contributed by atoms with Crippen molar-refractivity contribution in [1.82, 2.24) is 24.4 Å². The first-order valence-electron chi connectivity index (χ1n) is 13.5. The number of fused-ring (bicyclic) bond motifs is 1. The Labute approximate surface area is 236 Å². The maximum absolute atomic E-state index is 11.1. The summed E-state index contributed by atoms with van der Waals surface area (Å²) in [6.07, 6.45) is 4.34. The maximum atomic E-state index is 11.1. The third kappa shape index (κ3) is 6.35. The first-order valence-corrected chi connectivity index (χ1v) is 13.9. The van der Waals surface area contributed by atoms with Gasteiger partial charge in [0.15, 0.2) is 0 Å². The molecule has 2 saturated heterocycles. The first kappa shape index (κ1) is 26.5. The molecule has 208 valence electrons. The van der Waals surface area contributed by atoms with Crippen molar-refractivity contribution in [3.05, 3.63) is 77.0 Å². The van der Waals surface area contributed by atoms with Crippen molar-refractivity contribution in [3.8, 4) is 5.88 Å². The number of aromatic nitrogens is 4. The number of ether oxygens (including phenoxy) is 2. The fraction of sp³-hybridized carbons (Fsp3) is 0.379. The van der Waals surface area contributed by atoms with Gasteiger partial charge in [-0.25, -0.2) is 14.8 Å². The number of nitrogens with zero attached hydrogens (tertiary/aromatic N) is 5. The molecular weight excluding hydrogens is 532 g/mol. The van der Waals surface area contributed by atoms with Crippen molar-refractivity contribution in [2.45, 2.75) is 51.0 Å². The fourth-order valence-corrected chi connectivity index (χ4v) is 5.34. The van der Waals surface area contributed by atoms with Crippen LogP contribution in [-0.4, -0.2) is 67.5 Å². The summed E-state index contributed by atoms with van der Waals surface area (Å²) in [5.41, 5.74) is 3.36. The molecule has 2 aliphatic rings. The van der Waals surface area contributed by atoms with E-state index in [0.717, 1.165) is 67.9 Å². The summed E-state index contributed by atoms with van der Waals surface area (Å²) in [5.74, 6) is 2.28. The average molecular weight is 563 g/mol. The number of hydrogen-bond donors (Lipinski definition) is 2. The molecule has 0 saturated carbocycles. The summed E-state index contributed by atoms with van der Waals surface area (Å²) in [6, 6.07) is 15.0. The Morgan fingerprint density at radius 1 is 1.10 bits per heavy atom. The number of carbonyl (C=O) groups is 1. The van der Waals surface area contributed by atoms with Crippen molar-refractivity contribution in [3.63, 3.8) is 0 Å². The van der Waals surface area contributed by atoms with Crippen LogP contribution in [0.1, 0.15) is 36.5 Å². The number of anilines is 1. The number of benzene rings is 2. The number of likely N-dealkylation sites (tertiary alicyclic amines) is 1. The molecule has 2 N–H and O–H groups in total. The quantitative estimate of drug-likeness (QED) is 0.293. The minimum atomic E-state index is -1.09. The molecule has 0 spiro atoms. The van der Waals surface area contributed by atoms with Gasteiger partial charge in [-0.1, -0.05) is 23.7 Å². The summed E-state index contributed by atoms with van der Waals surface area (Å²) in [7, 11) is 0. The number of amides is 1.